The van der Waals surface area contributed by atoms with Crippen LogP contribution < -0.4 is 15.9 Å². The first-order valence-electron chi connectivity index (χ1n) is 11.7. The van der Waals surface area contributed by atoms with Crippen LogP contribution in [0.4, 0.5) is 22.9 Å². The van der Waals surface area contributed by atoms with Crippen molar-refractivity contribution in [2.24, 2.45) is 0 Å². The van der Waals surface area contributed by atoms with Crippen LogP contribution in [-0.4, -0.2) is 29.3 Å². The van der Waals surface area contributed by atoms with E-state index in [0.29, 0.717) is 0 Å². The number of anilines is 4. The molecule has 0 aliphatic heterocycles. The van der Waals surface area contributed by atoms with Gasteiger partial charge in [-0.2, -0.15) is 0 Å². The van der Waals surface area contributed by atoms with E-state index in [1.165, 1.54) is 16.8 Å². The zero-order valence-electron chi connectivity index (χ0n) is 19.8. The average molecular weight is 461 g/mol. The highest BCUT2D eigenvalue weighted by Crippen LogP contribution is 2.36. The summed E-state index contributed by atoms with van der Waals surface area (Å²) in [6.45, 7) is 9.60. The second-order valence-electron chi connectivity index (χ2n) is 8.57. The van der Waals surface area contributed by atoms with Crippen molar-refractivity contribution in [2.45, 2.75) is 46.6 Å². The summed E-state index contributed by atoms with van der Waals surface area (Å²) in [5.74, 6) is 0.895. The van der Waals surface area contributed by atoms with Crippen molar-refractivity contribution in [2.75, 3.05) is 23.7 Å². The molecule has 0 radical (unpaired) electrons. The Morgan fingerprint density at radius 2 is 1.61 bits per heavy atom. The molecule has 0 bridgehead atoms. The molecule has 1 aromatic heterocycles. The Bertz CT molecular complexity index is 1170. The van der Waals surface area contributed by atoms with E-state index in [0.717, 1.165) is 72.6 Å². The molecule has 0 fully saturated rings. The van der Waals surface area contributed by atoms with Crippen LogP contribution in [0.5, 0.6) is 0 Å². The van der Waals surface area contributed by atoms with E-state index < -0.39 is 7.42 Å². The maximum absolute atomic E-state index is 11.6. The van der Waals surface area contributed by atoms with Crippen molar-refractivity contribution in [1.29, 1.82) is 0 Å². The molecule has 1 atom stereocenters. The quantitative estimate of drug-likeness (QED) is 0.378. The van der Waals surface area contributed by atoms with Gasteiger partial charge in [0.05, 0.1) is 5.69 Å². The van der Waals surface area contributed by atoms with Gasteiger partial charge in [0.15, 0.2) is 0 Å². The summed E-state index contributed by atoms with van der Waals surface area (Å²) < 4.78 is 11.6. The standard InChI is InChI=1S/C27H33N4OP/c1-5-31(6-2)18-20-10-12-22(13-11-20)29-27-19(3)26(24-8-7-9-25(24)30-27)28-21-14-16-23(17-15-21)33(4)32/h10-17H,4-9,18H2,1-3H3,(H2,28,29,30). The lowest BCUT2D eigenvalue weighted by Crippen LogP contribution is -2.21. The van der Waals surface area contributed by atoms with E-state index in [9.17, 15) is 4.57 Å². The highest BCUT2D eigenvalue weighted by molar-refractivity contribution is 7.51. The van der Waals surface area contributed by atoms with Crippen molar-refractivity contribution in [3.63, 3.8) is 0 Å². The minimum Gasteiger partial charge on any atom is -0.355 e. The van der Waals surface area contributed by atoms with Gasteiger partial charge in [0, 0.05) is 34.5 Å². The van der Waals surface area contributed by atoms with Gasteiger partial charge in [-0.1, -0.05) is 26.0 Å². The predicted octanol–water partition coefficient (Wildman–Crippen LogP) is 6.09. The normalized spacial score (nSPS) is 13.2. The molecule has 0 amide bonds. The number of hydrogen-bond donors (Lipinski definition) is 2. The van der Waals surface area contributed by atoms with Gasteiger partial charge < -0.3 is 10.6 Å². The Kier molecular flexibility index (Phi) is 7.32. The lowest BCUT2D eigenvalue weighted by molar-refractivity contribution is 0.296. The fourth-order valence-corrected chi connectivity index (χ4v) is 4.85. The Labute approximate surface area is 197 Å². The Balaban J connectivity index is 1.58. The summed E-state index contributed by atoms with van der Waals surface area (Å²) >= 11 is 0. The van der Waals surface area contributed by atoms with Crippen LogP contribution in [0.2, 0.25) is 0 Å². The molecule has 0 saturated carbocycles. The van der Waals surface area contributed by atoms with Crippen molar-refractivity contribution in [3.8, 4) is 0 Å². The zero-order chi connectivity index (χ0) is 23.4. The predicted molar refractivity (Wildman–Crippen MR) is 141 cm³/mol. The fraction of sp³-hybridized carbons (Fsp3) is 0.333. The summed E-state index contributed by atoms with van der Waals surface area (Å²) in [4.78, 5) is 7.39. The molecule has 4 rings (SSSR count). The Morgan fingerprint density at radius 1 is 0.970 bits per heavy atom. The van der Waals surface area contributed by atoms with E-state index in [4.69, 9.17) is 4.98 Å². The third-order valence-electron chi connectivity index (χ3n) is 6.41. The zero-order valence-corrected chi connectivity index (χ0v) is 20.7. The second-order valence-corrected chi connectivity index (χ2v) is 9.85. The van der Waals surface area contributed by atoms with Crippen LogP contribution in [0.3, 0.4) is 0 Å². The lowest BCUT2D eigenvalue weighted by atomic mass is 10.1. The summed E-state index contributed by atoms with van der Waals surface area (Å²) in [5.41, 5.74) is 8.05. The van der Waals surface area contributed by atoms with Crippen LogP contribution in [0, 0.1) is 6.92 Å². The van der Waals surface area contributed by atoms with E-state index in [-0.39, 0.29) is 0 Å². The molecule has 3 aromatic rings. The molecule has 5 nitrogen and oxygen atoms in total. The molecule has 0 spiro atoms. The first kappa shape index (κ1) is 23.3. The molecule has 2 aromatic carbocycles. The number of nitrogens with zero attached hydrogens (tertiary/aromatic N) is 2. The highest BCUT2D eigenvalue weighted by Gasteiger charge is 2.21. The molecule has 0 saturated heterocycles. The van der Waals surface area contributed by atoms with Gasteiger partial charge in [0.2, 0.25) is 0 Å². The maximum Gasteiger partial charge on any atom is 0.135 e. The molecule has 33 heavy (non-hydrogen) atoms. The number of fused-ring (bicyclic) bond motifs is 1. The Morgan fingerprint density at radius 3 is 2.24 bits per heavy atom. The van der Waals surface area contributed by atoms with E-state index in [1.807, 2.05) is 24.3 Å². The van der Waals surface area contributed by atoms with E-state index in [1.54, 1.807) is 0 Å². The number of pyridine rings is 1. The van der Waals surface area contributed by atoms with Crippen molar-refractivity contribution in [1.82, 2.24) is 9.88 Å². The van der Waals surface area contributed by atoms with Crippen molar-refractivity contribution >= 4 is 41.9 Å². The van der Waals surface area contributed by atoms with Crippen LogP contribution in [0.15, 0.2) is 48.5 Å². The van der Waals surface area contributed by atoms with Crippen LogP contribution in [0.25, 0.3) is 0 Å². The minimum absolute atomic E-state index is 0.763. The highest BCUT2D eigenvalue weighted by atomic mass is 31.1. The topological polar surface area (TPSA) is 57.3 Å². The molecule has 6 heteroatoms. The van der Waals surface area contributed by atoms with Gasteiger partial charge >= 0.3 is 0 Å². The minimum atomic E-state index is -1.57. The molecule has 1 heterocycles. The third kappa shape index (κ3) is 5.38. The van der Waals surface area contributed by atoms with Crippen LogP contribution in [-0.2, 0) is 24.0 Å². The van der Waals surface area contributed by atoms with E-state index >= 15 is 0 Å². The van der Waals surface area contributed by atoms with E-state index in [2.05, 4.69) is 66.9 Å². The van der Waals surface area contributed by atoms with Gasteiger partial charge in [-0.3, -0.25) is 9.46 Å². The molecule has 1 aliphatic rings. The number of aryl methyl sites for hydroxylation is 1. The van der Waals surface area contributed by atoms with Gasteiger partial charge in [0.25, 0.3) is 0 Å². The lowest BCUT2D eigenvalue weighted by Gasteiger charge is -2.19. The van der Waals surface area contributed by atoms with Gasteiger partial charge in [-0.15, -0.1) is 0 Å². The van der Waals surface area contributed by atoms with Crippen molar-refractivity contribution < 1.29 is 4.57 Å². The fourth-order valence-electron chi connectivity index (χ4n) is 4.37. The summed E-state index contributed by atoms with van der Waals surface area (Å²) in [6.07, 6.45) is 6.80. The summed E-state index contributed by atoms with van der Waals surface area (Å²) in [7, 11) is -1.57. The summed E-state index contributed by atoms with van der Waals surface area (Å²) in [6, 6.07) is 16.4. The average Bonchev–Trinajstić information content (AvgIpc) is 3.29. The molecule has 1 unspecified atom stereocenters. The second kappa shape index (κ2) is 10.4. The Hall–Kier alpha value is -2.88. The molecular formula is C27H33N4OP. The largest absolute Gasteiger partial charge is 0.355 e. The number of rotatable bonds is 9. The maximum atomic E-state index is 11.6. The van der Waals surface area contributed by atoms with Gasteiger partial charge in [-0.05, 0) is 93.1 Å². The SMILES string of the molecule is C=P(=O)c1ccc(Nc2c(C)c(Nc3ccc(CN(CC)CC)cc3)nc3c2CCC3)cc1. The number of nitrogens with one attached hydrogen (secondary N) is 2. The van der Waals surface area contributed by atoms with Crippen molar-refractivity contribution in [3.05, 3.63) is 70.9 Å². The van der Waals surface area contributed by atoms with Gasteiger partial charge in [-0.25, -0.2) is 4.98 Å². The monoisotopic (exact) mass is 460 g/mol. The number of benzene rings is 2. The third-order valence-corrected chi connectivity index (χ3v) is 7.28. The summed E-state index contributed by atoms with van der Waals surface area (Å²) in [5, 5.41) is 7.92. The van der Waals surface area contributed by atoms with Crippen LogP contribution in [0.1, 0.15) is 42.7 Å². The first-order valence-corrected chi connectivity index (χ1v) is 13.2. The van der Waals surface area contributed by atoms with Gasteiger partial charge in [0.1, 0.15) is 13.2 Å². The number of aromatic nitrogens is 1. The molecule has 172 valence electrons. The molecular weight excluding hydrogens is 427 g/mol. The molecule has 1 aliphatic carbocycles. The smallest absolute Gasteiger partial charge is 0.135 e. The number of hydrogen-bond acceptors (Lipinski definition) is 5. The first-order chi connectivity index (χ1) is 16.0. The van der Waals surface area contributed by atoms with Crippen LogP contribution >= 0.6 is 7.42 Å². The molecule has 2 N–H and O–H groups in total.